The summed E-state index contributed by atoms with van der Waals surface area (Å²) in [7, 11) is 0. The molecule has 0 bridgehead atoms. The molecule has 0 fully saturated rings. The van der Waals surface area contributed by atoms with Gasteiger partial charge in [0.15, 0.2) is 0 Å². The highest BCUT2D eigenvalue weighted by molar-refractivity contribution is 9.10. The molecule has 0 radical (unpaired) electrons. The SMILES string of the molecule is Cc1cc(C(F)(F)F)cc(Br)c1C. The summed E-state index contributed by atoms with van der Waals surface area (Å²) >= 11 is 3.09. The summed E-state index contributed by atoms with van der Waals surface area (Å²) in [4.78, 5) is 0. The van der Waals surface area contributed by atoms with Gasteiger partial charge in [-0.3, -0.25) is 0 Å². The Kier molecular flexibility index (Phi) is 2.71. The van der Waals surface area contributed by atoms with E-state index in [-0.39, 0.29) is 0 Å². The molecule has 0 heterocycles. The van der Waals surface area contributed by atoms with Crippen LogP contribution in [0.2, 0.25) is 0 Å². The van der Waals surface area contributed by atoms with Crippen molar-refractivity contribution < 1.29 is 13.2 Å². The molecule has 72 valence electrons. The topological polar surface area (TPSA) is 0 Å². The van der Waals surface area contributed by atoms with Crippen molar-refractivity contribution in [1.29, 1.82) is 0 Å². The first-order valence-electron chi connectivity index (χ1n) is 3.66. The maximum Gasteiger partial charge on any atom is 0.416 e. The van der Waals surface area contributed by atoms with Crippen molar-refractivity contribution >= 4 is 15.9 Å². The molecule has 13 heavy (non-hydrogen) atoms. The molecule has 1 aromatic carbocycles. The Balaban J connectivity index is 3.29. The molecule has 4 heteroatoms. The first-order valence-corrected chi connectivity index (χ1v) is 4.45. The molecular weight excluding hydrogens is 245 g/mol. The summed E-state index contributed by atoms with van der Waals surface area (Å²) in [6, 6.07) is 2.25. The van der Waals surface area contributed by atoms with Crippen molar-refractivity contribution in [2.45, 2.75) is 20.0 Å². The average molecular weight is 253 g/mol. The van der Waals surface area contributed by atoms with Gasteiger partial charge in [-0.25, -0.2) is 0 Å². The van der Waals surface area contributed by atoms with Crippen LogP contribution in [-0.4, -0.2) is 0 Å². The van der Waals surface area contributed by atoms with E-state index in [2.05, 4.69) is 15.9 Å². The zero-order valence-electron chi connectivity index (χ0n) is 7.17. The monoisotopic (exact) mass is 252 g/mol. The maximum absolute atomic E-state index is 12.3. The second-order valence-corrected chi connectivity index (χ2v) is 3.75. The zero-order valence-corrected chi connectivity index (χ0v) is 8.75. The van der Waals surface area contributed by atoms with Crippen LogP contribution in [0.5, 0.6) is 0 Å². The largest absolute Gasteiger partial charge is 0.416 e. The van der Waals surface area contributed by atoms with Gasteiger partial charge in [0.2, 0.25) is 0 Å². The predicted octanol–water partition coefficient (Wildman–Crippen LogP) is 4.08. The molecule has 0 aromatic heterocycles. The van der Waals surface area contributed by atoms with E-state index in [1.807, 2.05) is 0 Å². The van der Waals surface area contributed by atoms with E-state index in [9.17, 15) is 13.2 Å². The second kappa shape index (κ2) is 3.33. The highest BCUT2D eigenvalue weighted by atomic mass is 79.9. The fourth-order valence-electron chi connectivity index (χ4n) is 0.980. The third-order valence-electron chi connectivity index (χ3n) is 1.93. The molecule has 0 saturated heterocycles. The average Bonchev–Trinajstić information content (AvgIpc) is 1.97. The number of hydrogen-bond donors (Lipinski definition) is 0. The Morgan fingerprint density at radius 2 is 1.69 bits per heavy atom. The second-order valence-electron chi connectivity index (χ2n) is 2.90. The van der Waals surface area contributed by atoms with E-state index in [1.54, 1.807) is 13.8 Å². The lowest BCUT2D eigenvalue weighted by atomic mass is 10.1. The van der Waals surface area contributed by atoms with Crippen LogP contribution in [0.15, 0.2) is 16.6 Å². The molecule has 0 aliphatic carbocycles. The Labute approximate surface area is 82.9 Å². The van der Waals surface area contributed by atoms with Gasteiger partial charge in [0.1, 0.15) is 0 Å². The van der Waals surface area contributed by atoms with Crippen molar-refractivity contribution in [3.8, 4) is 0 Å². The van der Waals surface area contributed by atoms with Gasteiger partial charge in [0.05, 0.1) is 5.56 Å². The smallest absolute Gasteiger partial charge is 0.166 e. The number of aryl methyl sites for hydroxylation is 1. The van der Waals surface area contributed by atoms with E-state index < -0.39 is 11.7 Å². The minimum Gasteiger partial charge on any atom is -0.166 e. The lowest BCUT2D eigenvalue weighted by molar-refractivity contribution is -0.137. The van der Waals surface area contributed by atoms with Gasteiger partial charge in [-0.2, -0.15) is 13.2 Å². The van der Waals surface area contributed by atoms with E-state index in [0.717, 1.165) is 17.7 Å². The lowest BCUT2D eigenvalue weighted by Crippen LogP contribution is -2.05. The van der Waals surface area contributed by atoms with E-state index >= 15 is 0 Å². The van der Waals surface area contributed by atoms with E-state index in [1.165, 1.54) is 0 Å². The molecule has 0 atom stereocenters. The molecule has 0 nitrogen and oxygen atoms in total. The Morgan fingerprint density at radius 3 is 2.08 bits per heavy atom. The number of halogens is 4. The maximum atomic E-state index is 12.3. The summed E-state index contributed by atoms with van der Waals surface area (Å²) < 4.78 is 37.3. The van der Waals surface area contributed by atoms with Gasteiger partial charge in [-0.1, -0.05) is 15.9 Å². The Hall–Kier alpha value is -0.510. The molecule has 0 amide bonds. The van der Waals surface area contributed by atoms with Crippen molar-refractivity contribution in [3.63, 3.8) is 0 Å². The molecule has 1 rings (SSSR count). The highest BCUT2D eigenvalue weighted by Crippen LogP contribution is 2.33. The normalized spacial score (nSPS) is 11.8. The highest BCUT2D eigenvalue weighted by Gasteiger charge is 2.31. The fraction of sp³-hybridized carbons (Fsp3) is 0.333. The number of benzene rings is 1. The van der Waals surface area contributed by atoms with Crippen molar-refractivity contribution in [3.05, 3.63) is 33.3 Å². The van der Waals surface area contributed by atoms with Gasteiger partial charge in [0, 0.05) is 4.47 Å². The molecule has 0 aliphatic rings. The van der Waals surface area contributed by atoms with Gasteiger partial charge in [-0.15, -0.1) is 0 Å². The van der Waals surface area contributed by atoms with Gasteiger partial charge in [0.25, 0.3) is 0 Å². The van der Waals surface area contributed by atoms with Crippen LogP contribution in [0.25, 0.3) is 0 Å². The summed E-state index contributed by atoms with van der Waals surface area (Å²) in [6.45, 7) is 3.44. The number of alkyl halides is 3. The van der Waals surface area contributed by atoms with Gasteiger partial charge >= 0.3 is 6.18 Å². The third kappa shape index (κ3) is 2.24. The quantitative estimate of drug-likeness (QED) is 0.653. The first kappa shape index (κ1) is 10.6. The summed E-state index contributed by atoms with van der Waals surface area (Å²) in [6.07, 6.45) is -4.26. The molecular formula is C9H8BrF3. The zero-order chi connectivity index (χ0) is 10.2. The van der Waals surface area contributed by atoms with Crippen LogP contribution >= 0.6 is 15.9 Å². The van der Waals surface area contributed by atoms with Crippen molar-refractivity contribution in [2.75, 3.05) is 0 Å². The third-order valence-corrected chi connectivity index (χ3v) is 2.75. The summed E-state index contributed by atoms with van der Waals surface area (Å²) in [5.41, 5.74) is 0.872. The standard InChI is InChI=1S/C9H8BrF3/c1-5-3-7(9(11,12)13)4-8(10)6(5)2/h3-4H,1-2H3. The molecule has 0 spiro atoms. The Bertz CT molecular complexity index is 305. The van der Waals surface area contributed by atoms with Crippen LogP contribution in [-0.2, 0) is 6.18 Å². The molecule has 0 unspecified atom stereocenters. The minimum absolute atomic E-state index is 0.500. The number of rotatable bonds is 0. The lowest BCUT2D eigenvalue weighted by Gasteiger charge is -2.10. The van der Waals surface area contributed by atoms with Crippen LogP contribution in [0.4, 0.5) is 13.2 Å². The van der Waals surface area contributed by atoms with Crippen LogP contribution < -0.4 is 0 Å². The minimum atomic E-state index is -4.26. The summed E-state index contributed by atoms with van der Waals surface area (Å²) in [5, 5.41) is 0. The van der Waals surface area contributed by atoms with E-state index in [0.29, 0.717) is 10.0 Å². The number of hydrogen-bond acceptors (Lipinski definition) is 0. The molecule has 0 N–H and O–H groups in total. The summed E-state index contributed by atoms with van der Waals surface area (Å²) in [5.74, 6) is 0. The molecule has 0 saturated carbocycles. The Morgan fingerprint density at radius 1 is 1.15 bits per heavy atom. The van der Waals surface area contributed by atoms with E-state index in [4.69, 9.17) is 0 Å². The fourth-order valence-corrected chi connectivity index (χ4v) is 1.54. The molecule has 0 aliphatic heterocycles. The van der Waals surface area contributed by atoms with Crippen LogP contribution in [0, 0.1) is 13.8 Å². The van der Waals surface area contributed by atoms with Gasteiger partial charge in [-0.05, 0) is 37.1 Å². The first-order chi connectivity index (χ1) is 5.82. The van der Waals surface area contributed by atoms with Crippen LogP contribution in [0.1, 0.15) is 16.7 Å². The predicted molar refractivity (Wildman–Crippen MR) is 48.6 cm³/mol. The van der Waals surface area contributed by atoms with Crippen molar-refractivity contribution in [1.82, 2.24) is 0 Å². The van der Waals surface area contributed by atoms with Gasteiger partial charge < -0.3 is 0 Å². The van der Waals surface area contributed by atoms with Crippen molar-refractivity contribution in [2.24, 2.45) is 0 Å². The molecule has 1 aromatic rings. The van der Waals surface area contributed by atoms with Crippen LogP contribution in [0.3, 0.4) is 0 Å².